The minimum Gasteiger partial charge on any atom is -0.491 e. The van der Waals surface area contributed by atoms with Crippen LogP contribution in [-0.2, 0) is 11.0 Å². The van der Waals surface area contributed by atoms with E-state index in [1.165, 1.54) is 25.0 Å². The molecule has 7 heteroatoms. The lowest BCUT2D eigenvalue weighted by Crippen LogP contribution is -2.15. The summed E-state index contributed by atoms with van der Waals surface area (Å²) in [5.41, 5.74) is -0.754. The average molecular weight is 428 g/mol. The van der Waals surface area contributed by atoms with Gasteiger partial charge >= 0.3 is 12.1 Å². The average Bonchev–Trinajstić information content (AvgIpc) is 3.22. The smallest absolute Gasteiger partial charge is 0.416 e. The largest absolute Gasteiger partial charge is 0.491 e. The Morgan fingerprint density at radius 2 is 2.00 bits per heavy atom. The van der Waals surface area contributed by atoms with E-state index < -0.39 is 23.8 Å². The molecule has 0 spiro atoms. The monoisotopic (exact) mass is 428 g/mol. The number of alkyl halides is 3. The number of benzene rings is 1. The van der Waals surface area contributed by atoms with Gasteiger partial charge in [-0.1, -0.05) is 43.2 Å². The minimum absolute atomic E-state index is 0.0511. The number of aliphatic hydroxyl groups is 1. The number of halogens is 3. The zero-order valence-corrected chi connectivity index (χ0v) is 17.3. The second-order valence-electron chi connectivity index (χ2n) is 7.19. The van der Waals surface area contributed by atoms with E-state index in [4.69, 9.17) is 9.84 Å². The predicted molar refractivity (Wildman–Crippen MR) is 110 cm³/mol. The van der Waals surface area contributed by atoms with Crippen molar-refractivity contribution in [2.45, 2.75) is 64.1 Å². The summed E-state index contributed by atoms with van der Waals surface area (Å²) >= 11 is 0. The van der Waals surface area contributed by atoms with Crippen LogP contribution in [0.1, 0.15) is 57.4 Å². The summed E-state index contributed by atoms with van der Waals surface area (Å²) in [6.07, 6.45) is 8.97. The maximum Gasteiger partial charge on any atom is 0.416 e. The van der Waals surface area contributed by atoms with Crippen molar-refractivity contribution in [3.05, 3.63) is 54.1 Å². The Hall–Kier alpha value is -2.28. The first-order valence-electron chi connectivity index (χ1n) is 10.2. The molecule has 0 saturated heterocycles. The highest BCUT2D eigenvalue weighted by Gasteiger charge is 2.30. The first-order chi connectivity index (χ1) is 14.2. The Labute approximate surface area is 176 Å². The van der Waals surface area contributed by atoms with Gasteiger partial charge in [0, 0.05) is 6.42 Å². The molecular weight excluding hydrogens is 397 g/mol. The summed E-state index contributed by atoms with van der Waals surface area (Å²) in [4.78, 5) is 9.94. The van der Waals surface area contributed by atoms with Crippen LogP contribution in [0.5, 0.6) is 5.75 Å². The molecule has 4 nitrogen and oxygen atoms in total. The fourth-order valence-corrected chi connectivity index (χ4v) is 2.97. The Balaban J connectivity index is 0.000000424. The first-order valence-corrected chi connectivity index (χ1v) is 10.2. The van der Waals surface area contributed by atoms with Gasteiger partial charge < -0.3 is 14.9 Å². The Morgan fingerprint density at radius 3 is 2.60 bits per heavy atom. The summed E-state index contributed by atoms with van der Waals surface area (Å²) in [7, 11) is 0. The van der Waals surface area contributed by atoms with Crippen molar-refractivity contribution >= 4 is 5.97 Å². The van der Waals surface area contributed by atoms with Crippen LogP contribution < -0.4 is 4.74 Å². The standard InChI is InChI=1S/C16H19F3O2.C7H12O2/c17-16(18,19)13-6-3-7-15(10-13)21-11-14(20)9-8-12-4-1-2-5-12;1-2-3-4-5-6-7(8)9/h3,6-10,12,14,20H,1-2,4-5,11H2;2-3H,4-6H2,1H3,(H,8,9)/b9-8+;3-2-. The maximum absolute atomic E-state index is 12.5. The molecule has 1 aliphatic carbocycles. The molecule has 2 N–H and O–H groups in total. The molecule has 1 aromatic carbocycles. The number of aliphatic hydroxyl groups excluding tert-OH is 1. The highest BCUT2D eigenvalue weighted by Crippen LogP contribution is 2.31. The number of aliphatic carboxylic acids is 1. The molecule has 1 aliphatic rings. The number of ether oxygens (including phenoxy) is 1. The van der Waals surface area contributed by atoms with E-state index in [0.717, 1.165) is 37.8 Å². The summed E-state index contributed by atoms with van der Waals surface area (Å²) in [6, 6.07) is 4.66. The third-order valence-corrected chi connectivity index (χ3v) is 4.58. The van der Waals surface area contributed by atoms with Gasteiger partial charge in [-0.15, -0.1) is 0 Å². The van der Waals surface area contributed by atoms with Gasteiger partial charge in [0.05, 0.1) is 5.56 Å². The number of allylic oxidation sites excluding steroid dienone is 3. The van der Waals surface area contributed by atoms with Gasteiger partial charge in [0.15, 0.2) is 0 Å². The van der Waals surface area contributed by atoms with Crippen LogP contribution in [0.3, 0.4) is 0 Å². The second kappa shape index (κ2) is 13.9. The molecule has 1 unspecified atom stereocenters. The molecule has 2 rings (SSSR count). The molecule has 0 aliphatic heterocycles. The van der Waals surface area contributed by atoms with Crippen molar-refractivity contribution in [3.63, 3.8) is 0 Å². The predicted octanol–water partition coefficient (Wildman–Crippen LogP) is 6.01. The number of rotatable bonds is 9. The highest BCUT2D eigenvalue weighted by molar-refractivity contribution is 5.66. The van der Waals surface area contributed by atoms with E-state index in [9.17, 15) is 23.1 Å². The molecule has 30 heavy (non-hydrogen) atoms. The number of hydrogen-bond donors (Lipinski definition) is 2. The zero-order valence-electron chi connectivity index (χ0n) is 17.3. The van der Waals surface area contributed by atoms with E-state index in [0.29, 0.717) is 5.92 Å². The van der Waals surface area contributed by atoms with Gasteiger partial charge in [-0.05, 0) is 56.7 Å². The van der Waals surface area contributed by atoms with Crippen molar-refractivity contribution in [1.82, 2.24) is 0 Å². The summed E-state index contributed by atoms with van der Waals surface area (Å²) in [5, 5.41) is 18.0. The van der Waals surface area contributed by atoms with Gasteiger partial charge in [0.1, 0.15) is 18.5 Å². The van der Waals surface area contributed by atoms with E-state index in [1.807, 2.05) is 25.2 Å². The Morgan fingerprint density at radius 1 is 1.30 bits per heavy atom. The number of hydrogen-bond acceptors (Lipinski definition) is 3. The zero-order chi connectivity index (χ0) is 22.4. The van der Waals surface area contributed by atoms with E-state index in [2.05, 4.69) is 0 Å². The van der Waals surface area contributed by atoms with E-state index in [1.54, 1.807) is 6.08 Å². The molecule has 0 heterocycles. The van der Waals surface area contributed by atoms with Crippen molar-refractivity contribution in [1.29, 1.82) is 0 Å². The van der Waals surface area contributed by atoms with Gasteiger partial charge in [0.25, 0.3) is 0 Å². The number of carboxylic acid groups (broad SMARTS) is 1. The normalized spacial score (nSPS) is 15.9. The lowest BCUT2D eigenvalue weighted by molar-refractivity contribution is -0.138. The molecule has 0 aromatic heterocycles. The molecule has 1 aromatic rings. The lowest BCUT2D eigenvalue weighted by atomic mass is 10.1. The quantitative estimate of drug-likeness (QED) is 0.373. The molecule has 0 bridgehead atoms. The molecule has 0 amide bonds. The molecule has 1 fully saturated rings. The van der Waals surface area contributed by atoms with Crippen LogP contribution in [0, 0.1) is 5.92 Å². The van der Waals surface area contributed by atoms with Crippen LogP contribution in [0.2, 0.25) is 0 Å². The van der Waals surface area contributed by atoms with Gasteiger partial charge in [-0.2, -0.15) is 13.2 Å². The first kappa shape index (κ1) is 25.8. The molecule has 1 atom stereocenters. The second-order valence-corrected chi connectivity index (χ2v) is 7.19. The van der Waals surface area contributed by atoms with Gasteiger partial charge in [-0.3, -0.25) is 4.79 Å². The van der Waals surface area contributed by atoms with Crippen molar-refractivity contribution < 1.29 is 32.9 Å². The number of carboxylic acids is 1. The van der Waals surface area contributed by atoms with Crippen molar-refractivity contribution in [3.8, 4) is 5.75 Å². The molecule has 0 radical (unpaired) electrons. The fraction of sp³-hybridized carbons (Fsp3) is 0.522. The maximum atomic E-state index is 12.5. The van der Waals surface area contributed by atoms with Crippen molar-refractivity contribution in [2.75, 3.05) is 6.61 Å². The Kier molecular flexibility index (Phi) is 11.9. The van der Waals surface area contributed by atoms with Gasteiger partial charge in [-0.25, -0.2) is 0 Å². The summed E-state index contributed by atoms with van der Waals surface area (Å²) < 4.78 is 42.8. The topological polar surface area (TPSA) is 66.8 Å². The van der Waals surface area contributed by atoms with Crippen LogP contribution in [0.4, 0.5) is 13.2 Å². The summed E-state index contributed by atoms with van der Waals surface area (Å²) in [6.45, 7) is 1.88. The molecule has 168 valence electrons. The van der Waals surface area contributed by atoms with Crippen LogP contribution in [0.15, 0.2) is 48.6 Å². The van der Waals surface area contributed by atoms with Crippen LogP contribution >= 0.6 is 0 Å². The highest BCUT2D eigenvalue weighted by atomic mass is 19.4. The van der Waals surface area contributed by atoms with Crippen molar-refractivity contribution in [2.24, 2.45) is 5.92 Å². The molecular formula is C23H31F3O4. The Bertz CT molecular complexity index is 677. The SMILES string of the molecule is C/C=C\CCCC(=O)O.OC(/C=C/C1CCCC1)COc1cccc(C(F)(F)F)c1. The number of carbonyl (C=O) groups is 1. The van der Waals surface area contributed by atoms with Crippen LogP contribution in [-0.4, -0.2) is 28.9 Å². The number of unbranched alkanes of at least 4 members (excludes halogenated alkanes) is 1. The van der Waals surface area contributed by atoms with Gasteiger partial charge in [0.2, 0.25) is 0 Å². The minimum atomic E-state index is -4.39. The van der Waals surface area contributed by atoms with Crippen LogP contribution in [0.25, 0.3) is 0 Å². The van der Waals surface area contributed by atoms with E-state index >= 15 is 0 Å². The third-order valence-electron chi connectivity index (χ3n) is 4.58. The van der Waals surface area contributed by atoms with E-state index in [-0.39, 0.29) is 18.8 Å². The third kappa shape index (κ3) is 11.7. The summed E-state index contributed by atoms with van der Waals surface area (Å²) in [5.74, 6) is -0.0918. The molecule has 1 saturated carbocycles. The lowest BCUT2D eigenvalue weighted by Gasteiger charge is -2.12. The fourth-order valence-electron chi connectivity index (χ4n) is 2.97.